The molecule has 0 amide bonds. The van der Waals surface area contributed by atoms with Crippen LogP contribution in [0.15, 0.2) is 79.1 Å². The number of fused-ring (bicyclic) bond motifs is 1. The molecule has 25 heavy (non-hydrogen) atoms. The van der Waals surface area contributed by atoms with E-state index in [1.807, 2.05) is 42.5 Å². The van der Waals surface area contributed by atoms with Crippen molar-refractivity contribution in [2.75, 3.05) is 0 Å². The van der Waals surface area contributed by atoms with Crippen molar-refractivity contribution in [3.8, 4) is 5.69 Å². The summed E-state index contributed by atoms with van der Waals surface area (Å²) < 4.78 is 1.52. The number of benzene rings is 3. The quantitative estimate of drug-likeness (QED) is 0.424. The van der Waals surface area contributed by atoms with Crippen molar-refractivity contribution < 1.29 is 4.79 Å². The van der Waals surface area contributed by atoms with Gasteiger partial charge in [-0.3, -0.25) is 4.79 Å². The smallest absolute Gasteiger partial charge is 0.185 e. The predicted molar refractivity (Wildman–Crippen MR) is 96.5 cm³/mol. The second-order valence-electron chi connectivity index (χ2n) is 5.57. The highest BCUT2D eigenvalue weighted by Crippen LogP contribution is 2.20. The molecule has 0 N–H and O–H groups in total. The molecule has 0 aliphatic carbocycles. The standard InChI is InChI=1S/C20H14N4O/c25-20(17-8-4-9-18(13-17)24-14-21-22-23-24)12-11-16-7-3-6-15-5-1-2-10-19(15)16/h1-14H/b12-11+. The molecule has 0 radical (unpaired) electrons. The molecule has 0 saturated heterocycles. The largest absolute Gasteiger partial charge is 0.289 e. The average molecular weight is 326 g/mol. The van der Waals surface area contributed by atoms with Gasteiger partial charge in [0.25, 0.3) is 0 Å². The third kappa shape index (κ3) is 3.07. The van der Waals surface area contributed by atoms with Crippen LogP contribution in [0.5, 0.6) is 0 Å². The number of hydrogen-bond acceptors (Lipinski definition) is 4. The van der Waals surface area contributed by atoms with Gasteiger partial charge >= 0.3 is 0 Å². The van der Waals surface area contributed by atoms with Crippen LogP contribution in [0.1, 0.15) is 15.9 Å². The zero-order valence-corrected chi connectivity index (χ0v) is 13.3. The van der Waals surface area contributed by atoms with E-state index in [0.717, 1.165) is 22.0 Å². The van der Waals surface area contributed by atoms with Crippen LogP contribution in [0, 0.1) is 0 Å². The molecule has 0 spiro atoms. The van der Waals surface area contributed by atoms with Crippen molar-refractivity contribution in [2.45, 2.75) is 0 Å². The number of ketones is 1. The predicted octanol–water partition coefficient (Wildman–Crippen LogP) is 3.71. The molecule has 4 rings (SSSR count). The van der Waals surface area contributed by atoms with E-state index in [4.69, 9.17) is 0 Å². The van der Waals surface area contributed by atoms with Crippen molar-refractivity contribution in [3.05, 3.63) is 90.3 Å². The summed E-state index contributed by atoms with van der Waals surface area (Å²) in [7, 11) is 0. The number of rotatable bonds is 4. The van der Waals surface area contributed by atoms with E-state index >= 15 is 0 Å². The number of tetrazole rings is 1. The molecule has 4 aromatic rings. The Morgan fingerprint density at radius 1 is 0.960 bits per heavy atom. The Hall–Kier alpha value is -3.60. The van der Waals surface area contributed by atoms with Gasteiger partial charge in [-0.15, -0.1) is 5.10 Å². The van der Waals surface area contributed by atoms with Crippen molar-refractivity contribution in [3.63, 3.8) is 0 Å². The number of hydrogen-bond donors (Lipinski definition) is 0. The lowest BCUT2D eigenvalue weighted by Crippen LogP contribution is -1.99. The SMILES string of the molecule is O=C(/C=C/c1cccc2ccccc12)c1cccc(-n2cnnn2)c1. The fraction of sp³-hybridized carbons (Fsp3) is 0. The molecule has 0 bridgehead atoms. The van der Waals surface area contributed by atoms with Gasteiger partial charge in [-0.05, 0) is 45.0 Å². The molecular formula is C20H14N4O. The topological polar surface area (TPSA) is 60.7 Å². The van der Waals surface area contributed by atoms with Gasteiger partial charge in [0.15, 0.2) is 5.78 Å². The van der Waals surface area contributed by atoms with Crippen molar-refractivity contribution in [1.82, 2.24) is 20.2 Å². The van der Waals surface area contributed by atoms with Gasteiger partial charge in [-0.1, -0.05) is 60.7 Å². The summed E-state index contributed by atoms with van der Waals surface area (Å²) >= 11 is 0. The maximum atomic E-state index is 12.5. The highest BCUT2D eigenvalue weighted by Gasteiger charge is 2.05. The van der Waals surface area contributed by atoms with E-state index in [9.17, 15) is 4.79 Å². The fourth-order valence-corrected chi connectivity index (χ4v) is 2.74. The van der Waals surface area contributed by atoms with Gasteiger partial charge in [0, 0.05) is 5.56 Å². The van der Waals surface area contributed by atoms with Crippen LogP contribution in [0.4, 0.5) is 0 Å². The number of nitrogens with zero attached hydrogens (tertiary/aromatic N) is 4. The molecule has 3 aromatic carbocycles. The molecule has 1 heterocycles. The Morgan fingerprint density at radius 2 is 1.80 bits per heavy atom. The summed E-state index contributed by atoms with van der Waals surface area (Å²) in [6.45, 7) is 0. The van der Waals surface area contributed by atoms with Crippen LogP contribution < -0.4 is 0 Å². The third-order valence-electron chi connectivity index (χ3n) is 3.98. The molecule has 5 heteroatoms. The Balaban J connectivity index is 1.63. The monoisotopic (exact) mass is 326 g/mol. The molecule has 5 nitrogen and oxygen atoms in total. The van der Waals surface area contributed by atoms with Gasteiger partial charge in [0.1, 0.15) is 6.33 Å². The molecule has 0 fully saturated rings. The Kier molecular flexibility index (Phi) is 3.88. The minimum Gasteiger partial charge on any atom is -0.289 e. The first-order valence-corrected chi connectivity index (χ1v) is 7.85. The van der Waals surface area contributed by atoms with Crippen LogP contribution in [0.3, 0.4) is 0 Å². The number of aromatic nitrogens is 4. The Morgan fingerprint density at radius 3 is 2.68 bits per heavy atom. The van der Waals surface area contributed by atoms with Gasteiger partial charge in [0.2, 0.25) is 0 Å². The van der Waals surface area contributed by atoms with Crippen LogP contribution in [-0.4, -0.2) is 26.0 Å². The lowest BCUT2D eigenvalue weighted by atomic mass is 10.0. The van der Waals surface area contributed by atoms with Crippen LogP contribution in [0.2, 0.25) is 0 Å². The molecule has 0 atom stereocenters. The average Bonchev–Trinajstić information content (AvgIpc) is 3.21. The van der Waals surface area contributed by atoms with E-state index in [-0.39, 0.29) is 5.78 Å². The summed E-state index contributed by atoms with van der Waals surface area (Å²) in [6.07, 6.45) is 4.95. The normalized spacial score (nSPS) is 11.2. The van der Waals surface area contributed by atoms with E-state index in [2.05, 4.69) is 33.7 Å². The third-order valence-corrected chi connectivity index (χ3v) is 3.98. The van der Waals surface area contributed by atoms with Gasteiger partial charge < -0.3 is 0 Å². The van der Waals surface area contributed by atoms with E-state index in [1.165, 1.54) is 11.0 Å². The molecule has 1 aromatic heterocycles. The van der Waals surface area contributed by atoms with Gasteiger partial charge in [-0.2, -0.15) is 0 Å². The van der Waals surface area contributed by atoms with Crippen molar-refractivity contribution in [1.29, 1.82) is 0 Å². The number of carbonyl (C=O) groups excluding carboxylic acids is 1. The molecule has 0 aliphatic rings. The van der Waals surface area contributed by atoms with Crippen molar-refractivity contribution in [2.24, 2.45) is 0 Å². The van der Waals surface area contributed by atoms with Gasteiger partial charge in [-0.25, -0.2) is 4.68 Å². The van der Waals surface area contributed by atoms with E-state index in [1.54, 1.807) is 18.2 Å². The summed E-state index contributed by atoms with van der Waals surface area (Å²) in [5.74, 6) is -0.0668. The van der Waals surface area contributed by atoms with Gasteiger partial charge in [0.05, 0.1) is 5.69 Å². The van der Waals surface area contributed by atoms with Crippen molar-refractivity contribution >= 4 is 22.6 Å². The first-order chi connectivity index (χ1) is 12.3. The van der Waals surface area contributed by atoms with E-state index < -0.39 is 0 Å². The molecular weight excluding hydrogens is 312 g/mol. The second-order valence-corrected chi connectivity index (χ2v) is 5.57. The highest BCUT2D eigenvalue weighted by atomic mass is 16.1. The second kappa shape index (κ2) is 6.49. The van der Waals surface area contributed by atoms with Crippen LogP contribution >= 0.6 is 0 Å². The summed E-state index contributed by atoms with van der Waals surface area (Å²) in [6, 6.07) is 21.4. The highest BCUT2D eigenvalue weighted by molar-refractivity contribution is 6.08. The Bertz CT molecular complexity index is 1060. The molecule has 0 unspecified atom stereocenters. The minimum atomic E-state index is -0.0668. The summed E-state index contributed by atoms with van der Waals surface area (Å²) in [5.41, 5.74) is 2.35. The lowest BCUT2D eigenvalue weighted by molar-refractivity contribution is 0.104. The first-order valence-electron chi connectivity index (χ1n) is 7.85. The summed E-state index contributed by atoms with van der Waals surface area (Å²) in [5, 5.41) is 13.3. The van der Waals surface area contributed by atoms with E-state index in [0.29, 0.717) is 5.56 Å². The van der Waals surface area contributed by atoms with Crippen LogP contribution in [-0.2, 0) is 0 Å². The van der Waals surface area contributed by atoms with Crippen LogP contribution in [0.25, 0.3) is 22.5 Å². The lowest BCUT2D eigenvalue weighted by Gasteiger charge is -2.03. The number of carbonyl (C=O) groups is 1. The first kappa shape index (κ1) is 15.0. The number of allylic oxidation sites excluding steroid dienone is 1. The zero-order chi connectivity index (χ0) is 17.1. The minimum absolute atomic E-state index is 0.0668. The molecule has 0 aliphatic heterocycles. The molecule has 120 valence electrons. The summed E-state index contributed by atoms with van der Waals surface area (Å²) in [4.78, 5) is 12.5. The maximum Gasteiger partial charge on any atom is 0.185 e. The molecule has 0 saturated carbocycles. The Labute approximate surface area is 144 Å². The fourth-order valence-electron chi connectivity index (χ4n) is 2.74. The maximum absolute atomic E-state index is 12.5. The zero-order valence-electron chi connectivity index (χ0n) is 13.3.